The number of amides is 2. The Morgan fingerprint density at radius 3 is 2.52 bits per heavy atom. The zero-order chi connectivity index (χ0) is 18.4. The SMILES string of the molecule is CCc1ccc(C2CNCCN2C(=O)CNC(=O)CC(C)(C)C)cc1. The Morgan fingerprint density at radius 2 is 1.92 bits per heavy atom. The Hall–Kier alpha value is -1.88. The molecule has 1 aliphatic rings. The number of carbonyl (C=O) groups is 2. The van der Waals surface area contributed by atoms with Crippen molar-refractivity contribution in [3.05, 3.63) is 35.4 Å². The molecule has 0 spiro atoms. The summed E-state index contributed by atoms with van der Waals surface area (Å²) < 4.78 is 0. The lowest BCUT2D eigenvalue weighted by molar-refractivity contribution is -0.136. The number of hydrogen-bond acceptors (Lipinski definition) is 3. The summed E-state index contributed by atoms with van der Waals surface area (Å²) >= 11 is 0. The lowest BCUT2D eigenvalue weighted by Crippen LogP contribution is -2.51. The smallest absolute Gasteiger partial charge is 0.242 e. The lowest BCUT2D eigenvalue weighted by Gasteiger charge is -2.36. The number of carbonyl (C=O) groups excluding carboxylic acids is 2. The average Bonchev–Trinajstić information content (AvgIpc) is 2.58. The van der Waals surface area contributed by atoms with Crippen LogP contribution in [-0.4, -0.2) is 42.9 Å². The van der Waals surface area contributed by atoms with Crippen LogP contribution in [0.2, 0.25) is 0 Å². The predicted octanol–water partition coefficient (Wildman–Crippen LogP) is 2.27. The molecule has 1 fully saturated rings. The summed E-state index contributed by atoms with van der Waals surface area (Å²) in [5.74, 6) is -0.0897. The van der Waals surface area contributed by atoms with Crippen molar-refractivity contribution in [1.29, 1.82) is 0 Å². The zero-order valence-corrected chi connectivity index (χ0v) is 15.9. The number of benzene rings is 1. The average molecular weight is 345 g/mol. The Balaban J connectivity index is 1.99. The first-order chi connectivity index (χ1) is 11.8. The molecule has 0 aliphatic carbocycles. The largest absolute Gasteiger partial charge is 0.347 e. The summed E-state index contributed by atoms with van der Waals surface area (Å²) in [6.07, 6.45) is 1.43. The first-order valence-electron chi connectivity index (χ1n) is 9.16. The number of nitrogens with one attached hydrogen (secondary N) is 2. The van der Waals surface area contributed by atoms with Gasteiger partial charge in [-0.05, 0) is 23.0 Å². The van der Waals surface area contributed by atoms with Gasteiger partial charge in [0.1, 0.15) is 0 Å². The van der Waals surface area contributed by atoms with Crippen LogP contribution >= 0.6 is 0 Å². The minimum absolute atomic E-state index is 0.0201. The predicted molar refractivity (Wildman–Crippen MR) is 100 cm³/mol. The number of hydrogen-bond donors (Lipinski definition) is 2. The van der Waals surface area contributed by atoms with Gasteiger partial charge in [0.05, 0.1) is 12.6 Å². The highest BCUT2D eigenvalue weighted by Gasteiger charge is 2.28. The molecule has 2 N–H and O–H groups in total. The number of rotatable bonds is 5. The van der Waals surface area contributed by atoms with Crippen LogP contribution in [0.4, 0.5) is 0 Å². The molecule has 0 radical (unpaired) electrons. The van der Waals surface area contributed by atoms with Crippen LogP contribution in [-0.2, 0) is 16.0 Å². The van der Waals surface area contributed by atoms with Gasteiger partial charge in [-0.15, -0.1) is 0 Å². The molecule has 5 nitrogen and oxygen atoms in total. The molecule has 5 heteroatoms. The van der Waals surface area contributed by atoms with Gasteiger partial charge in [-0.3, -0.25) is 9.59 Å². The topological polar surface area (TPSA) is 61.4 Å². The van der Waals surface area contributed by atoms with Crippen LogP contribution in [0.3, 0.4) is 0 Å². The van der Waals surface area contributed by atoms with E-state index in [0.29, 0.717) is 13.0 Å². The normalized spacial score (nSPS) is 18.1. The van der Waals surface area contributed by atoms with E-state index in [1.165, 1.54) is 5.56 Å². The minimum atomic E-state index is -0.0776. The van der Waals surface area contributed by atoms with Crippen molar-refractivity contribution < 1.29 is 9.59 Å². The first-order valence-corrected chi connectivity index (χ1v) is 9.16. The monoisotopic (exact) mass is 345 g/mol. The molecule has 138 valence electrons. The Bertz CT molecular complexity index is 590. The van der Waals surface area contributed by atoms with E-state index in [9.17, 15) is 9.59 Å². The van der Waals surface area contributed by atoms with Crippen molar-refractivity contribution in [3.63, 3.8) is 0 Å². The van der Waals surface area contributed by atoms with E-state index >= 15 is 0 Å². The van der Waals surface area contributed by atoms with Crippen molar-refractivity contribution in [3.8, 4) is 0 Å². The Kier molecular flexibility index (Phi) is 6.59. The maximum Gasteiger partial charge on any atom is 0.242 e. The van der Waals surface area contributed by atoms with Gasteiger partial charge in [-0.2, -0.15) is 0 Å². The summed E-state index contributed by atoms with van der Waals surface area (Å²) in [7, 11) is 0. The van der Waals surface area contributed by atoms with Crippen molar-refractivity contribution >= 4 is 11.8 Å². The van der Waals surface area contributed by atoms with Crippen molar-refractivity contribution in [2.75, 3.05) is 26.2 Å². The third-order valence-corrected chi connectivity index (χ3v) is 4.46. The molecule has 1 saturated heterocycles. The number of nitrogens with zero attached hydrogens (tertiary/aromatic N) is 1. The molecule has 0 aromatic heterocycles. The van der Waals surface area contributed by atoms with Crippen LogP contribution in [0, 0.1) is 5.41 Å². The standard InChI is InChI=1S/C20H31N3O2/c1-5-15-6-8-16(9-7-15)17-13-21-10-11-23(17)19(25)14-22-18(24)12-20(2,3)4/h6-9,17,21H,5,10-14H2,1-4H3,(H,22,24). The highest BCUT2D eigenvalue weighted by molar-refractivity contribution is 5.85. The fraction of sp³-hybridized carbons (Fsp3) is 0.600. The molecule has 0 saturated carbocycles. The quantitative estimate of drug-likeness (QED) is 0.861. The van der Waals surface area contributed by atoms with Crippen molar-refractivity contribution in [2.45, 2.75) is 46.6 Å². The lowest BCUT2D eigenvalue weighted by atomic mass is 9.92. The third-order valence-electron chi connectivity index (χ3n) is 4.46. The molecule has 2 amide bonds. The van der Waals surface area contributed by atoms with E-state index in [-0.39, 0.29) is 29.8 Å². The molecule has 0 bridgehead atoms. The number of piperazine rings is 1. The molecule has 1 aromatic rings. The van der Waals surface area contributed by atoms with Gasteiger partial charge in [-0.1, -0.05) is 52.0 Å². The highest BCUT2D eigenvalue weighted by Crippen LogP contribution is 2.23. The molecule has 2 rings (SSSR count). The first kappa shape index (κ1) is 19.4. The minimum Gasteiger partial charge on any atom is -0.347 e. The summed E-state index contributed by atoms with van der Waals surface area (Å²) in [4.78, 5) is 26.5. The summed E-state index contributed by atoms with van der Waals surface area (Å²) in [6.45, 7) is 10.4. The molecule has 1 unspecified atom stereocenters. The molecule has 1 aliphatic heterocycles. The number of aryl methyl sites for hydroxylation is 1. The van der Waals surface area contributed by atoms with Gasteiger partial charge < -0.3 is 15.5 Å². The second kappa shape index (κ2) is 8.48. The van der Waals surface area contributed by atoms with Crippen LogP contribution in [0.5, 0.6) is 0 Å². The Morgan fingerprint density at radius 1 is 1.24 bits per heavy atom. The fourth-order valence-electron chi connectivity index (χ4n) is 3.10. The molecule has 25 heavy (non-hydrogen) atoms. The molecular formula is C20H31N3O2. The molecular weight excluding hydrogens is 314 g/mol. The van der Waals surface area contributed by atoms with Gasteiger partial charge in [0.25, 0.3) is 0 Å². The summed E-state index contributed by atoms with van der Waals surface area (Å²) in [5.41, 5.74) is 2.35. The highest BCUT2D eigenvalue weighted by atomic mass is 16.2. The van der Waals surface area contributed by atoms with E-state index in [4.69, 9.17) is 0 Å². The third kappa shape index (κ3) is 5.85. The van der Waals surface area contributed by atoms with Gasteiger partial charge in [0, 0.05) is 26.1 Å². The van der Waals surface area contributed by atoms with Crippen LogP contribution in [0.15, 0.2) is 24.3 Å². The van der Waals surface area contributed by atoms with E-state index in [1.807, 2.05) is 25.7 Å². The maximum atomic E-state index is 12.7. The van der Waals surface area contributed by atoms with Gasteiger partial charge >= 0.3 is 0 Å². The Labute approximate surface area is 151 Å². The van der Waals surface area contributed by atoms with Gasteiger partial charge in [0.15, 0.2) is 0 Å². The van der Waals surface area contributed by atoms with E-state index in [0.717, 1.165) is 25.1 Å². The molecule has 1 aromatic carbocycles. The van der Waals surface area contributed by atoms with E-state index in [2.05, 4.69) is 41.8 Å². The van der Waals surface area contributed by atoms with Crippen molar-refractivity contribution in [2.24, 2.45) is 5.41 Å². The summed E-state index contributed by atoms with van der Waals surface area (Å²) in [6, 6.07) is 8.48. The second-order valence-electron chi connectivity index (χ2n) is 7.92. The van der Waals surface area contributed by atoms with E-state index in [1.54, 1.807) is 0 Å². The van der Waals surface area contributed by atoms with Crippen LogP contribution < -0.4 is 10.6 Å². The fourth-order valence-corrected chi connectivity index (χ4v) is 3.10. The van der Waals surface area contributed by atoms with Crippen LogP contribution in [0.25, 0.3) is 0 Å². The maximum absolute atomic E-state index is 12.7. The second-order valence-corrected chi connectivity index (χ2v) is 7.92. The summed E-state index contributed by atoms with van der Waals surface area (Å²) in [5, 5.41) is 6.14. The molecule has 1 heterocycles. The van der Waals surface area contributed by atoms with Crippen LogP contribution in [0.1, 0.15) is 51.3 Å². The van der Waals surface area contributed by atoms with Crippen molar-refractivity contribution in [1.82, 2.24) is 15.5 Å². The van der Waals surface area contributed by atoms with Gasteiger partial charge in [-0.25, -0.2) is 0 Å². The molecule has 1 atom stereocenters. The van der Waals surface area contributed by atoms with E-state index < -0.39 is 0 Å². The van der Waals surface area contributed by atoms with Gasteiger partial charge in [0.2, 0.25) is 11.8 Å². The zero-order valence-electron chi connectivity index (χ0n) is 15.9.